The third-order valence-electron chi connectivity index (χ3n) is 3.83. The van der Waals surface area contributed by atoms with Gasteiger partial charge < -0.3 is 14.8 Å². The molecule has 0 radical (unpaired) electrons. The Morgan fingerprint density at radius 1 is 1.06 bits per heavy atom. The number of halogens is 8. The van der Waals surface area contributed by atoms with E-state index in [2.05, 4.69) is 14.8 Å². The van der Waals surface area contributed by atoms with Gasteiger partial charge in [0.05, 0.1) is 23.0 Å². The second-order valence-corrected chi connectivity index (χ2v) is 6.22. The molecule has 3 rings (SSSR count). The molecular formula is C18H9F8N4O4+. The Morgan fingerprint density at radius 3 is 2.32 bits per heavy atom. The summed E-state index contributed by atoms with van der Waals surface area (Å²) >= 11 is 0. The Bertz CT molecular complexity index is 1270. The van der Waals surface area contributed by atoms with E-state index in [9.17, 15) is 44.8 Å². The van der Waals surface area contributed by atoms with Crippen LogP contribution < -0.4 is 19.3 Å². The van der Waals surface area contributed by atoms with E-state index < -0.39 is 58.6 Å². The number of hydrogen-bond acceptors (Lipinski definition) is 5. The second-order valence-electron chi connectivity index (χ2n) is 6.22. The number of amides is 1. The van der Waals surface area contributed by atoms with Gasteiger partial charge in [-0.05, 0) is 12.1 Å². The van der Waals surface area contributed by atoms with Gasteiger partial charge in [0.2, 0.25) is 0 Å². The van der Waals surface area contributed by atoms with Gasteiger partial charge in [-0.2, -0.15) is 13.2 Å². The van der Waals surface area contributed by atoms with E-state index in [-0.39, 0.29) is 10.2 Å². The van der Waals surface area contributed by atoms with Gasteiger partial charge in [0.15, 0.2) is 33.4 Å². The molecule has 8 nitrogen and oxygen atoms in total. The number of hydrogen-bond donors (Lipinski definition) is 2. The molecule has 0 spiro atoms. The smallest absolute Gasteiger partial charge is 0.455 e. The van der Waals surface area contributed by atoms with E-state index in [4.69, 9.17) is 4.74 Å². The first-order valence-electron chi connectivity index (χ1n) is 8.65. The lowest BCUT2D eigenvalue weighted by molar-refractivity contribution is -0.564. The third kappa shape index (κ3) is 5.76. The number of carbonyl (C=O) groups is 1. The Kier molecular flexibility index (Phi) is 6.42. The summed E-state index contributed by atoms with van der Waals surface area (Å²) in [5.74, 6) is -7.99. The van der Waals surface area contributed by atoms with E-state index in [0.29, 0.717) is 18.3 Å². The first-order chi connectivity index (χ1) is 15.7. The molecule has 2 N–H and O–H groups in total. The number of benzene rings is 1. The first-order valence-corrected chi connectivity index (χ1v) is 8.65. The Hall–Kier alpha value is -4.24. The molecule has 34 heavy (non-hydrogen) atoms. The molecule has 2 aromatic heterocycles. The summed E-state index contributed by atoms with van der Waals surface area (Å²) in [4.78, 5) is 26.4. The SMILES string of the molecule is O=C(Nc1cc[n+](=O)[nH]c1)c1c(Oc2ccc(OC(F)(F)F)c(F)c2)cnc(C(F)(F)F)c1F. The lowest BCUT2D eigenvalue weighted by Crippen LogP contribution is -2.22. The van der Waals surface area contributed by atoms with Crippen LogP contribution in [0, 0.1) is 16.5 Å². The third-order valence-corrected chi connectivity index (χ3v) is 3.83. The van der Waals surface area contributed by atoms with Crippen molar-refractivity contribution in [1.82, 2.24) is 10.1 Å². The largest absolute Gasteiger partial charge is 0.573 e. The maximum absolute atomic E-state index is 14.7. The Morgan fingerprint density at radius 2 is 1.76 bits per heavy atom. The molecule has 16 heteroatoms. The van der Waals surface area contributed by atoms with Crippen molar-refractivity contribution in [2.24, 2.45) is 0 Å². The quantitative estimate of drug-likeness (QED) is 0.398. The normalized spacial score (nSPS) is 11.8. The zero-order valence-corrected chi connectivity index (χ0v) is 16.1. The molecular weight excluding hydrogens is 488 g/mol. The minimum Gasteiger partial charge on any atom is -0.455 e. The fourth-order valence-electron chi connectivity index (χ4n) is 2.48. The highest BCUT2D eigenvalue weighted by Crippen LogP contribution is 2.36. The van der Waals surface area contributed by atoms with E-state index in [1.54, 1.807) is 0 Å². The number of alkyl halides is 6. The van der Waals surface area contributed by atoms with Gasteiger partial charge >= 0.3 is 12.5 Å². The molecule has 180 valence electrons. The summed E-state index contributed by atoms with van der Waals surface area (Å²) in [5.41, 5.74) is -3.54. The number of H-pyrrole nitrogens is 1. The van der Waals surface area contributed by atoms with Crippen molar-refractivity contribution in [2.75, 3.05) is 5.32 Å². The van der Waals surface area contributed by atoms with Crippen LogP contribution in [0.5, 0.6) is 17.2 Å². The highest BCUT2D eigenvalue weighted by molar-refractivity contribution is 6.06. The summed E-state index contributed by atoms with van der Waals surface area (Å²) in [7, 11) is 0. The van der Waals surface area contributed by atoms with E-state index in [1.165, 1.54) is 0 Å². The van der Waals surface area contributed by atoms with Crippen LogP contribution in [-0.4, -0.2) is 22.4 Å². The zero-order chi connectivity index (χ0) is 25.3. The van der Waals surface area contributed by atoms with Crippen LogP contribution in [0.1, 0.15) is 16.1 Å². The number of aromatic amines is 1. The maximum atomic E-state index is 14.7. The molecule has 1 amide bonds. The van der Waals surface area contributed by atoms with Gasteiger partial charge in [-0.15, -0.1) is 18.3 Å². The van der Waals surface area contributed by atoms with E-state index in [1.807, 2.05) is 5.32 Å². The summed E-state index contributed by atoms with van der Waals surface area (Å²) < 4.78 is 113. The number of rotatable bonds is 5. The topological polar surface area (TPSA) is 99.2 Å². The predicted molar refractivity (Wildman–Crippen MR) is 94.5 cm³/mol. The van der Waals surface area contributed by atoms with Gasteiger partial charge in [0, 0.05) is 12.1 Å². The number of nitrogens with zero attached hydrogens (tertiary/aromatic N) is 2. The average molecular weight is 497 g/mol. The van der Waals surface area contributed by atoms with Crippen LogP contribution in [0.25, 0.3) is 0 Å². The standard InChI is InChI=1S/C18H8F8N4O4/c19-10-5-9(1-2-11(10)34-18(24,25)26)33-12-7-27-15(17(21,22)23)14(20)13(12)16(31)29-8-3-4-30(32)28-6-8/h1-7H,(H-,27,28,29,31,32)/p+1. The molecule has 0 atom stereocenters. The Labute approximate surface area is 182 Å². The van der Waals surface area contributed by atoms with Gasteiger partial charge in [-0.3, -0.25) is 4.79 Å². The maximum Gasteiger partial charge on any atom is 0.573 e. The zero-order valence-electron chi connectivity index (χ0n) is 16.1. The average Bonchev–Trinajstić information content (AvgIpc) is 2.70. The van der Waals surface area contributed by atoms with Crippen LogP contribution in [0.4, 0.5) is 40.8 Å². The van der Waals surface area contributed by atoms with Crippen molar-refractivity contribution in [3.63, 3.8) is 0 Å². The van der Waals surface area contributed by atoms with Crippen molar-refractivity contribution >= 4 is 11.6 Å². The van der Waals surface area contributed by atoms with Crippen molar-refractivity contribution in [3.8, 4) is 17.2 Å². The number of anilines is 1. The highest BCUT2D eigenvalue weighted by Gasteiger charge is 2.39. The molecule has 0 saturated carbocycles. The highest BCUT2D eigenvalue weighted by atomic mass is 19.4. The molecule has 0 saturated heterocycles. The van der Waals surface area contributed by atoms with Crippen molar-refractivity contribution in [1.29, 1.82) is 0 Å². The summed E-state index contributed by atoms with van der Waals surface area (Å²) in [6, 6.07) is 2.60. The second kappa shape index (κ2) is 8.95. The molecule has 0 unspecified atom stereocenters. The van der Waals surface area contributed by atoms with Crippen LogP contribution in [0.3, 0.4) is 0 Å². The monoisotopic (exact) mass is 497 g/mol. The van der Waals surface area contributed by atoms with Gasteiger partial charge in [0.25, 0.3) is 12.1 Å². The minimum atomic E-state index is -5.31. The lowest BCUT2D eigenvalue weighted by Gasteiger charge is -2.15. The van der Waals surface area contributed by atoms with Crippen LogP contribution >= 0.6 is 0 Å². The van der Waals surface area contributed by atoms with Crippen LogP contribution in [0.2, 0.25) is 0 Å². The predicted octanol–water partition coefficient (Wildman–Crippen LogP) is 4.56. The Balaban J connectivity index is 2.00. The number of nitrogens with one attached hydrogen (secondary N) is 2. The van der Waals surface area contributed by atoms with Gasteiger partial charge in [-0.25, -0.2) is 13.8 Å². The first kappa shape index (κ1) is 24.4. The lowest BCUT2D eigenvalue weighted by atomic mass is 10.1. The van der Waals surface area contributed by atoms with Crippen LogP contribution in [-0.2, 0) is 6.18 Å². The molecule has 2 heterocycles. The molecule has 0 aliphatic rings. The molecule has 0 bridgehead atoms. The van der Waals surface area contributed by atoms with E-state index in [0.717, 1.165) is 24.5 Å². The van der Waals surface area contributed by atoms with Crippen molar-refractivity contribution < 1.29 is 53.9 Å². The summed E-state index contributed by atoms with van der Waals surface area (Å²) in [6.07, 6.45) is -8.39. The minimum absolute atomic E-state index is 0.160. The molecule has 0 fully saturated rings. The molecule has 0 aliphatic carbocycles. The number of ether oxygens (including phenoxy) is 2. The summed E-state index contributed by atoms with van der Waals surface area (Å²) in [5, 5.41) is 4.11. The number of aromatic nitrogens is 3. The van der Waals surface area contributed by atoms with Gasteiger partial charge in [0.1, 0.15) is 11.3 Å². The molecule has 0 aliphatic heterocycles. The number of pyridine rings is 1. The molecule has 1 aromatic carbocycles. The fraction of sp³-hybridized carbons (Fsp3) is 0.111. The van der Waals surface area contributed by atoms with Crippen LogP contribution in [0.15, 0.2) is 42.9 Å². The number of carbonyl (C=O) groups excluding carboxylic acids is 1. The van der Waals surface area contributed by atoms with Gasteiger partial charge in [-0.1, -0.05) is 0 Å². The van der Waals surface area contributed by atoms with Crippen molar-refractivity contribution in [2.45, 2.75) is 12.5 Å². The summed E-state index contributed by atoms with van der Waals surface area (Å²) in [6.45, 7) is 0. The fourth-order valence-corrected chi connectivity index (χ4v) is 2.48. The van der Waals surface area contributed by atoms with Crippen molar-refractivity contribution in [3.05, 3.63) is 70.7 Å². The van der Waals surface area contributed by atoms with E-state index >= 15 is 0 Å². The molecule has 3 aromatic rings.